The number of halogens is 3. The Labute approximate surface area is 109 Å². The van der Waals surface area contributed by atoms with Gasteiger partial charge in [-0.15, -0.1) is 0 Å². The Balaban J connectivity index is 2.43. The fraction of sp³-hybridized carbons (Fsp3) is 0.462. The molecule has 2 rings (SSSR count). The summed E-state index contributed by atoms with van der Waals surface area (Å²) in [5.41, 5.74) is -1.11. The zero-order valence-electron chi connectivity index (χ0n) is 10.5. The first-order valence-electron chi connectivity index (χ1n) is 6.15. The Morgan fingerprint density at radius 1 is 1.26 bits per heavy atom. The molecule has 0 aromatic heterocycles. The molecule has 0 spiro atoms. The monoisotopic (exact) mass is 273 g/mol. The molecule has 0 amide bonds. The second-order valence-corrected chi connectivity index (χ2v) is 4.30. The van der Waals surface area contributed by atoms with Gasteiger partial charge in [-0.2, -0.15) is 0 Å². The molecule has 19 heavy (non-hydrogen) atoms. The van der Waals surface area contributed by atoms with E-state index >= 15 is 0 Å². The van der Waals surface area contributed by atoms with E-state index in [0.717, 1.165) is 12.8 Å². The van der Waals surface area contributed by atoms with E-state index in [2.05, 4.69) is 4.74 Å². The first-order chi connectivity index (χ1) is 9.06. The van der Waals surface area contributed by atoms with Gasteiger partial charge in [0.1, 0.15) is 11.3 Å². The molecule has 6 heteroatoms. The molecule has 0 N–H and O–H groups in total. The fourth-order valence-electron chi connectivity index (χ4n) is 2.17. The molecule has 1 aliphatic heterocycles. The number of carbonyl (C=O) groups excluding carboxylic acids is 1. The summed E-state index contributed by atoms with van der Waals surface area (Å²) in [7, 11) is 0. The lowest BCUT2D eigenvalue weighted by molar-refractivity contribution is 0.0519. The van der Waals surface area contributed by atoms with Crippen LogP contribution in [0, 0.1) is 17.5 Å². The summed E-state index contributed by atoms with van der Waals surface area (Å²) in [6, 6.07) is 0.698. The van der Waals surface area contributed by atoms with Crippen LogP contribution >= 0.6 is 0 Å². The summed E-state index contributed by atoms with van der Waals surface area (Å²) < 4.78 is 46.2. The molecule has 1 aromatic rings. The van der Waals surface area contributed by atoms with Crippen LogP contribution in [-0.2, 0) is 4.74 Å². The van der Waals surface area contributed by atoms with E-state index in [1.54, 1.807) is 0 Å². The molecule has 0 atom stereocenters. The van der Waals surface area contributed by atoms with Crippen molar-refractivity contribution in [1.82, 2.24) is 0 Å². The summed E-state index contributed by atoms with van der Waals surface area (Å²) in [5.74, 6) is -4.69. The lowest BCUT2D eigenvalue weighted by Crippen LogP contribution is -2.22. The molecular formula is C13H14F3NO2. The van der Waals surface area contributed by atoms with Crippen molar-refractivity contribution in [2.24, 2.45) is 0 Å². The van der Waals surface area contributed by atoms with E-state index in [4.69, 9.17) is 0 Å². The van der Waals surface area contributed by atoms with E-state index < -0.39 is 34.7 Å². The molecule has 0 bridgehead atoms. The molecule has 1 aliphatic rings. The first-order valence-corrected chi connectivity index (χ1v) is 6.15. The summed E-state index contributed by atoms with van der Waals surface area (Å²) >= 11 is 0. The highest BCUT2D eigenvalue weighted by Crippen LogP contribution is 2.30. The zero-order valence-corrected chi connectivity index (χ0v) is 10.5. The van der Waals surface area contributed by atoms with E-state index in [9.17, 15) is 18.0 Å². The summed E-state index contributed by atoms with van der Waals surface area (Å²) in [6.45, 7) is 2.49. The molecule has 1 saturated heterocycles. The number of hydrogen-bond acceptors (Lipinski definition) is 3. The van der Waals surface area contributed by atoms with Crippen molar-refractivity contribution in [2.45, 2.75) is 19.8 Å². The highest BCUT2D eigenvalue weighted by atomic mass is 19.2. The molecule has 1 heterocycles. The molecule has 1 aromatic carbocycles. The summed E-state index contributed by atoms with van der Waals surface area (Å²) in [6.07, 6.45) is 1.61. The van der Waals surface area contributed by atoms with Crippen LogP contribution in [0.4, 0.5) is 18.9 Å². The normalized spacial score (nSPS) is 14.8. The minimum absolute atomic E-state index is 0.00931. The molecule has 0 aliphatic carbocycles. The molecule has 0 radical (unpaired) electrons. The lowest BCUT2D eigenvalue weighted by atomic mass is 10.1. The van der Waals surface area contributed by atoms with Crippen molar-refractivity contribution < 1.29 is 22.7 Å². The van der Waals surface area contributed by atoms with E-state index in [1.165, 1.54) is 11.8 Å². The first kappa shape index (κ1) is 13.7. The van der Waals surface area contributed by atoms with Crippen molar-refractivity contribution in [3.63, 3.8) is 0 Å². The third kappa shape index (κ3) is 2.52. The average molecular weight is 273 g/mol. The van der Waals surface area contributed by atoms with Crippen LogP contribution in [0.15, 0.2) is 6.07 Å². The number of esters is 1. The van der Waals surface area contributed by atoms with Gasteiger partial charge in [0.15, 0.2) is 17.5 Å². The molecule has 3 nitrogen and oxygen atoms in total. The molecule has 1 fully saturated rings. The third-order valence-electron chi connectivity index (χ3n) is 3.05. The van der Waals surface area contributed by atoms with Gasteiger partial charge in [-0.05, 0) is 25.8 Å². The summed E-state index contributed by atoms with van der Waals surface area (Å²) in [4.78, 5) is 12.8. The van der Waals surface area contributed by atoms with Crippen molar-refractivity contribution in [1.29, 1.82) is 0 Å². The van der Waals surface area contributed by atoms with Gasteiger partial charge < -0.3 is 9.64 Å². The second kappa shape index (κ2) is 5.50. The minimum Gasteiger partial charge on any atom is -0.462 e. The maximum Gasteiger partial charge on any atom is 0.341 e. The number of carbonyl (C=O) groups is 1. The number of nitrogens with zero attached hydrogens (tertiary/aromatic N) is 1. The zero-order chi connectivity index (χ0) is 14.0. The Morgan fingerprint density at radius 2 is 1.89 bits per heavy atom. The molecular weight excluding hydrogens is 259 g/mol. The van der Waals surface area contributed by atoms with Crippen LogP contribution in [0.1, 0.15) is 30.1 Å². The van der Waals surface area contributed by atoms with Gasteiger partial charge in [-0.3, -0.25) is 0 Å². The lowest BCUT2D eigenvalue weighted by Gasteiger charge is -2.20. The van der Waals surface area contributed by atoms with Crippen LogP contribution in [0.5, 0.6) is 0 Å². The van der Waals surface area contributed by atoms with Crippen molar-refractivity contribution in [3.05, 3.63) is 29.1 Å². The number of hydrogen-bond donors (Lipinski definition) is 0. The standard InChI is InChI=1S/C13H14F3NO2/c1-2-19-13(18)8-7-9(14)12(11(16)10(8)15)17-5-3-4-6-17/h7H,2-6H2,1H3. The van der Waals surface area contributed by atoms with Crippen LogP contribution < -0.4 is 4.90 Å². The van der Waals surface area contributed by atoms with Gasteiger partial charge in [0.2, 0.25) is 0 Å². The van der Waals surface area contributed by atoms with Crippen LogP contribution in [0.2, 0.25) is 0 Å². The Bertz CT molecular complexity index is 499. The van der Waals surface area contributed by atoms with Gasteiger partial charge >= 0.3 is 5.97 Å². The number of rotatable bonds is 3. The SMILES string of the molecule is CCOC(=O)c1cc(F)c(N2CCCC2)c(F)c1F. The molecule has 104 valence electrons. The van der Waals surface area contributed by atoms with Crippen molar-refractivity contribution >= 4 is 11.7 Å². The predicted octanol–water partition coefficient (Wildman–Crippen LogP) is 2.88. The maximum atomic E-state index is 13.9. The van der Waals surface area contributed by atoms with Crippen LogP contribution in [0.25, 0.3) is 0 Å². The predicted molar refractivity (Wildman–Crippen MR) is 63.7 cm³/mol. The summed E-state index contributed by atoms with van der Waals surface area (Å²) in [5, 5.41) is 0. The Kier molecular flexibility index (Phi) is 3.97. The van der Waals surface area contributed by atoms with Gasteiger partial charge in [0.05, 0.1) is 6.61 Å². The highest BCUT2D eigenvalue weighted by Gasteiger charge is 2.27. The maximum absolute atomic E-state index is 13.9. The quantitative estimate of drug-likeness (QED) is 0.626. The third-order valence-corrected chi connectivity index (χ3v) is 3.05. The average Bonchev–Trinajstić information content (AvgIpc) is 2.88. The molecule has 0 unspecified atom stereocenters. The van der Waals surface area contributed by atoms with Gasteiger partial charge in [-0.1, -0.05) is 0 Å². The largest absolute Gasteiger partial charge is 0.462 e. The number of benzene rings is 1. The highest BCUT2D eigenvalue weighted by molar-refractivity contribution is 5.90. The van der Waals surface area contributed by atoms with Crippen molar-refractivity contribution in [3.8, 4) is 0 Å². The van der Waals surface area contributed by atoms with E-state index in [-0.39, 0.29) is 6.61 Å². The number of ether oxygens (including phenoxy) is 1. The fourth-order valence-corrected chi connectivity index (χ4v) is 2.17. The van der Waals surface area contributed by atoms with Crippen LogP contribution in [0.3, 0.4) is 0 Å². The number of anilines is 1. The van der Waals surface area contributed by atoms with Gasteiger partial charge in [0, 0.05) is 13.1 Å². The van der Waals surface area contributed by atoms with E-state index in [0.29, 0.717) is 19.2 Å². The van der Waals surface area contributed by atoms with Gasteiger partial charge in [-0.25, -0.2) is 18.0 Å². The van der Waals surface area contributed by atoms with Crippen molar-refractivity contribution in [2.75, 3.05) is 24.6 Å². The van der Waals surface area contributed by atoms with Gasteiger partial charge in [0.25, 0.3) is 0 Å². The Morgan fingerprint density at radius 3 is 2.47 bits per heavy atom. The van der Waals surface area contributed by atoms with E-state index in [1.807, 2.05) is 0 Å². The topological polar surface area (TPSA) is 29.5 Å². The minimum atomic E-state index is -1.36. The second-order valence-electron chi connectivity index (χ2n) is 4.30. The van der Waals surface area contributed by atoms with Crippen LogP contribution in [-0.4, -0.2) is 25.7 Å². The Hall–Kier alpha value is -1.72. The molecule has 0 saturated carbocycles. The smallest absolute Gasteiger partial charge is 0.341 e.